The van der Waals surface area contributed by atoms with E-state index in [1.807, 2.05) is 24.8 Å². The van der Waals surface area contributed by atoms with E-state index in [1.165, 1.54) is 0 Å². The molecule has 0 bridgehead atoms. The van der Waals surface area contributed by atoms with Crippen LogP contribution in [0.4, 0.5) is 5.69 Å². The van der Waals surface area contributed by atoms with E-state index in [0.717, 1.165) is 44.6 Å². The van der Waals surface area contributed by atoms with Crippen LogP contribution in [-0.4, -0.2) is 32.5 Å². The summed E-state index contributed by atoms with van der Waals surface area (Å²) in [6.07, 6.45) is 8.02. The van der Waals surface area contributed by atoms with E-state index in [-0.39, 0.29) is 10.6 Å². The average Bonchev–Trinajstić information content (AvgIpc) is 3.02. The third kappa shape index (κ3) is 3.71. The highest BCUT2D eigenvalue weighted by Crippen LogP contribution is 2.21. The summed E-state index contributed by atoms with van der Waals surface area (Å²) in [5.74, 6) is 0.690. The SMILES string of the molecule is O=[N+]([O-])c1cccc(CN2CCC(Cn3ccnc3)CC2)c1. The van der Waals surface area contributed by atoms with Crippen LogP contribution in [0.15, 0.2) is 43.0 Å². The largest absolute Gasteiger partial charge is 0.337 e. The van der Waals surface area contributed by atoms with Gasteiger partial charge in [0.25, 0.3) is 5.69 Å². The number of hydrogen-bond acceptors (Lipinski definition) is 4. The fourth-order valence-corrected chi connectivity index (χ4v) is 3.05. The first-order valence-corrected chi connectivity index (χ1v) is 7.62. The predicted octanol–water partition coefficient (Wildman–Crippen LogP) is 2.70. The molecule has 0 radical (unpaired) electrons. The van der Waals surface area contributed by atoms with Crippen LogP contribution in [0.1, 0.15) is 18.4 Å². The molecular weight excluding hydrogens is 280 g/mol. The van der Waals surface area contributed by atoms with Gasteiger partial charge in [0.15, 0.2) is 0 Å². The Morgan fingerprint density at radius 2 is 2.14 bits per heavy atom. The first kappa shape index (κ1) is 14.7. The normalized spacial score (nSPS) is 16.7. The number of non-ortho nitro benzene ring substituents is 1. The Kier molecular flexibility index (Phi) is 4.48. The molecule has 2 heterocycles. The second-order valence-electron chi connectivity index (χ2n) is 5.91. The Balaban J connectivity index is 1.51. The molecule has 0 aliphatic carbocycles. The smallest absolute Gasteiger partial charge is 0.269 e. The summed E-state index contributed by atoms with van der Waals surface area (Å²) in [5.41, 5.74) is 1.19. The lowest BCUT2D eigenvalue weighted by molar-refractivity contribution is -0.384. The van der Waals surface area contributed by atoms with Crippen molar-refractivity contribution in [2.24, 2.45) is 5.92 Å². The molecule has 1 fully saturated rings. The Morgan fingerprint density at radius 1 is 1.32 bits per heavy atom. The molecule has 1 saturated heterocycles. The summed E-state index contributed by atoms with van der Waals surface area (Å²) in [4.78, 5) is 16.9. The minimum atomic E-state index is -0.332. The van der Waals surface area contributed by atoms with Crippen molar-refractivity contribution >= 4 is 5.69 Å². The highest BCUT2D eigenvalue weighted by molar-refractivity contribution is 5.34. The zero-order valence-electron chi connectivity index (χ0n) is 12.5. The predicted molar refractivity (Wildman–Crippen MR) is 83.3 cm³/mol. The Bertz CT molecular complexity index is 619. The highest BCUT2D eigenvalue weighted by Gasteiger charge is 2.20. The lowest BCUT2D eigenvalue weighted by atomic mass is 9.96. The van der Waals surface area contributed by atoms with Crippen molar-refractivity contribution in [3.8, 4) is 0 Å². The van der Waals surface area contributed by atoms with Gasteiger partial charge in [-0.3, -0.25) is 15.0 Å². The van der Waals surface area contributed by atoms with Crippen molar-refractivity contribution in [2.75, 3.05) is 13.1 Å². The summed E-state index contributed by atoms with van der Waals surface area (Å²) in [7, 11) is 0. The molecule has 1 aliphatic rings. The van der Waals surface area contributed by atoms with Gasteiger partial charge in [-0.2, -0.15) is 0 Å². The van der Waals surface area contributed by atoms with Gasteiger partial charge in [0.05, 0.1) is 11.3 Å². The minimum absolute atomic E-state index is 0.174. The molecule has 0 amide bonds. The number of nitro groups is 1. The maximum absolute atomic E-state index is 10.8. The van der Waals surface area contributed by atoms with E-state index in [9.17, 15) is 10.1 Å². The van der Waals surface area contributed by atoms with Gasteiger partial charge in [0.1, 0.15) is 0 Å². The lowest BCUT2D eigenvalue weighted by Gasteiger charge is -2.32. The van der Waals surface area contributed by atoms with Crippen LogP contribution >= 0.6 is 0 Å². The van der Waals surface area contributed by atoms with Gasteiger partial charge in [-0.15, -0.1) is 0 Å². The van der Waals surface area contributed by atoms with Crippen LogP contribution in [0.25, 0.3) is 0 Å². The van der Waals surface area contributed by atoms with Crippen LogP contribution in [0.3, 0.4) is 0 Å². The van der Waals surface area contributed by atoms with E-state index in [4.69, 9.17) is 0 Å². The zero-order chi connectivity index (χ0) is 15.4. The summed E-state index contributed by atoms with van der Waals surface area (Å²) in [5, 5.41) is 10.8. The maximum atomic E-state index is 10.8. The van der Waals surface area contributed by atoms with Crippen LogP contribution < -0.4 is 0 Å². The number of imidazole rings is 1. The van der Waals surface area contributed by atoms with Crippen molar-refractivity contribution in [3.05, 3.63) is 58.7 Å². The molecule has 3 rings (SSSR count). The first-order valence-electron chi connectivity index (χ1n) is 7.62. The monoisotopic (exact) mass is 300 g/mol. The van der Waals surface area contributed by atoms with Crippen LogP contribution in [-0.2, 0) is 13.1 Å². The van der Waals surface area contributed by atoms with Crippen LogP contribution in [0.2, 0.25) is 0 Å². The van der Waals surface area contributed by atoms with Gasteiger partial charge in [0, 0.05) is 37.6 Å². The quantitative estimate of drug-likeness (QED) is 0.629. The zero-order valence-corrected chi connectivity index (χ0v) is 12.5. The van der Waals surface area contributed by atoms with E-state index < -0.39 is 0 Å². The van der Waals surface area contributed by atoms with Gasteiger partial charge in [-0.1, -0.05) is 12.1 Å². The fraction of sp³-hybridized carbons (Fsp3) is 0.438. The molecule has 0 spiro atoms. The van der Waals surface area contributed by atoms with E-state index >= 15 is 0 Å². The molecule has 0 N–H and O–H groups in total. The number of likely N-dealkylation sites (tertiary alicyclic amines) is 1. The minimum Gasteiger partial charge on any atom is -0.337 e. The van der Waals surface area contributed by atoms with E-state index in [2.05, 4.69) is 14.5 Å². The van der Waals surface area contributed by atoms with Gasteiger partial charge in [0.2, 0.25) is 0 Å². The summed E-state index contributed by atoms with van der Waals surface area (Å²) in [6.45, 7) is 3.91. The summed E-state index contributed by atoms with van der Waals surface area (Å²) < 4.78 is 2.14. The number of piperidine rings is 1. The molecule has 1 aromatic heterocycles. The molecule has 116 valence electrons. The van der Waals surface area contributed by atoms with Crippen molar-refractivity contribution in [1.29, 1.82) is 0 Å². The van der Waals surface area contributed by atoms with Crippen molar-refractivity contribution in [3.63, 3.8) is 0 Å². The van der Waals surface area contributed by atoms with Gasteiger partial charge < -0.3 is 4.57 Å². The topological polar surface area (TPSA) is 64.2 Å². The second kappa shape index (κ2) is 6.70. The first-order chi connectivity index (χ1) is 10.7. The summed E-state index contributed by atoms with van der Waals surface area (Å²) in [6, 6.07) is 6.95. The van der Waals surface area contributed by atoms with Gasteiger partial charge in [-0.05, 0) is 37.4 Å². The number of rotatable bonds is 5. The molecule has 6 heteroatoms. The molecule has 0 saturated carbocycles. The number of nitrogens with zero attached hydrogens (tertiary/aromatic N) is 4. The molecule has 6 nitrogen and oxygen atoms in total. The lowest BCUT2D eigenvalue weighted by Crippen LogP contribution is -2.34. The number of aromatic nitrogens is 2. The van der Waals surface area contributed by atoms with Crippen molar-refractivity contribution < 1.29 is 4.92 Å². The third-order valence-electron chi connectivity index (χ3n) is 4.26. The molecule has 22 heavy (non-hydrogen) atoms. The standard InChI is InChI=1S/C16H20N4O2/c21-20(22)16-3-1-2-15(10-16)12-18-7-4-14(5-8-18)11-19-9-6-17-13-19/h1-3,6,9-10,13-14H,4-5,7-8,11-12H2. The van der Waals surface area contributed by atoms with Gasteiger partial charge in [-0.25, -0.2) is 4.98 Å². The van der Waals surface area contributed by atoms with E-state index in [1.54, 1.807) is 18.2 Å². The van der Waals surface area contributed by atoms with Gasteiger partial charge >= 0.3 is 0 Å². The Labute approximate surface area is 129 Å². The van der Waals surface area contributed by atoms with Crippen LogP contribution in [0.5, 0.6) is 0 Å². The highest BCUT2D eigenvalue weighted by atomic mass is 16.6. The molecule has 2 aromatic rings. The average molecular weight is 300 g/mol. The molecule has 0 atom stereocenters. The molecular formula is C16H20N4O2. The van der Waals surface area contributed by atoms with E-state index in [0.29, 0.717) is 5.92 Å². The third-order valence-corrected chi connectivity index (χ3v) is 4.26. The molecule has 1 aliphatic heterocycles. The molecule has 0 unspecified atom stereocenters. The number of nitro benzene ring substituents is 1. The van der Waals surface area contributed by atoms with Crippen molar-refractivity contribution in [1.82, 2.24) is 14.5 Å². The fourth-order valence-electron chi connectivity index (χ4n) is 3.05. The Hall–Kier alpha value is -2.21. The maximum Gasteiger partial charge on any atom is 0.269 e. The van der Waals surface area contributed by atoms with Crippen molar-refractivity contribution in [2.45, 2.75) is 25.9 Å². The van der Waals surface area contributed by atoms with Crippen LogP contribution in [0, 0.1) is 16.0 Å². The number of hydrogen-bond donors (Lipinski definition) is 0. The molecule has 1 aromatic carbocycles. The second-order valence-corrected chi connectivity index (χ2v) is 5.91. The Morgan fingerprint density at radius 3 is 2.82 bits per heavy atom. The summed E-state index contributed by atoms with van der Waals surface area (Å²) >= 11 is 0. The number of benzene rings is 1.